The van der Waals surface area contributed by atoms with Crippen molar-refractivity contribution in [1.82, 2.24) is 9.97 Å². The monoisotopic (exact) mass is 366 g/mol. The molecule has 0 fully saturated rings. The molecular weight excluding hydrogens is 352 g/mol. The Morgan fingerprint density at radius 3 is 2.23 bits per heavy atom. The summed E-state index contributed by atoms with van der Waals surface area (Å²) in [5, 5.41) is 6.37. The van der Waals surface area contributed by atoms with Crippen molar-refractivity contribution in [2.75, 3.05) is 10.6 Å². The molecule has 0 saturated heterocycles. The quantitative estimate of drug-likeness (QED) is 0.656. The lowest BCUT2D eigenvalue weighted by atomic mass is 10.1. The molecule has 0 spiro atoms. The minimum atomic E-state index is -0.373. The normalized spacial score (nSPS) is 10.2. The van der Waals surface area contributed by atoms with E-state index >= 15 is 0 Å². The Morgan fingerprint density at radius 1 is 0.923 bits per heavy atom. The number of ketones is 1. The fourth-order valence-electron chi connectivity index (χ4n) is 2.19. The fraction of sp³-hybridized carbons (Fsp3) is 0.0526. The molecule has 1 heterocycles. The smallest absolute Gasteiger partial charge is 0.274 e. The van der Waals surface area contributed by atoms with Gasteiger partial charge in [0.15, 0.2) is 5.78 Å². The van der Waals surface area contributed by atoms with Gasteiger partial charge in [-0.15, -0.1) is 0 Å². The van der Waals surface area contributed by atoms with Crippen molar-refractivity contribution in [1.29, 1.82) is 0 Å². The van der Waals surface area contributed by atoms with Crippen LogP contribution in [0.1, 0.15) is 27.8 Å². The van der Waals surface area contributed by atoms with Crippen LogP contribution in [0.15, 0.2) is 60.8 Å². The molecule has 0 radical (unpaired) electrons. The lowest BCUT2D eigenvalue weighted by Gasteiger charge is -2.08. The Hall–Kier alpha value is -3.25. The minimum absolute atomic E-state index is 0.0309. The molecule has 0 bridgehead atoms. The van der Waals surface area contributed by atoms with Gasteiger partial charge in [0.2, 0.25) is 5.95 Å². The van der Waals surface area contributed by atoms with Gasteiger partial charge in [0.1, 0.15) is 5.69 Å². The maximum absolute atomic E-state index is 12.4. The van der Waals surface area contributed by atoms with Crippen molar-refractivity contribution in [3.05, 3.63) is 77.1 Å². The Balaban J connectivity index is 1.71. The van der Waals surface area contributed by atoms with Crippen LogP contribution in [0.25, 0.3) is 0 Å². The number of anilines is 3. The number of amides is 1. The highest BCUT2D eigenvalue weighted by Crippen LogP contribution is 2.17. The predicted molar refractivity (Wildman–Crippen MR) is 101 cm³/mol. The fourth-order valence-corrected chi connectivity index (χ4v) is 2.32. The highest BCUT2D eigenvalue weighted by Gasteiger charge is 2.10. The third kappa shape index (κ3) is 4.43. The van der Waals surface area contributed by atoms with Crippen LogP contribution in [-0.4, -0.2) is 21.7 Å². The molecule has 0 aliphatic heterocycles. The summed E-state index contributed by atoms with van der Waals surface area (Å²) >= 11 is 5.85. The van der Waals surface area contributed by atoms with Gasteiger partial charge >= 0.3 is 0 Å². The molecule has 3 aromatic rings. The van der Waals surface area contributed by atoms with Gasteiger partial charge < -0.3 is 10.6 Å². The number of aromatic nitrogens is 2. The zero-order chi connectivity index (χ0) is 18.5. The van der Waals surface area contributed by atoms with Gasteiger partial charge in [-0.3, -0.25) is 9.59 Å². The first-order chi connectivity index (χ1) is 12.5. The van der Waals surface area contributed by atoms with E-state index in [9.17, 15) is 9.59 Å². The number of nitrogens with one attached hydrogen (secondary N) is 2. The molecule has 0 aliphatic carbocycles. The Kier molecular flexibility index (Phi) is 5.24. The van der Waals surface area contributed by atoms with Crippen LogP contribution < -0.4 is 10.6 Å². The van der Waals surface area contributed by atoms with E-state index in [1.807, 2.05) is 0 Å². The van der Waals surface area contributed by atoms with E-state index in [1.54, 1.807) is 48.5 Å². The van der Waals surface area contributed by atoms with E-state index in [0.29, 0.717) is 22.2 Å². The number of hydrogen-bond acceptors (Lipinski definition) is 5. The first-order valence-corrected chi connectivity index (χ1v) is 8.17. The predicted octanol–water partition coefficient (Wildman–Crippen LogP) is 4.33. The molecule has 3 rings (SSSR count). The van der Waals surface area contributed by atoms with E-state index < -0.39 is 0 Å². The molecule has 0 atom stereocenters. The second-order valence-corrected chi connectivity index (χ2v) is 5.92. The van der Waals surface area contributed by atoms with Crippen LogP contribution >= 0.6 is 11.6 Å². The first kappa shape index (κ1) is 17.6. The molecule has 26 heavy (non-hydrogen) atoms. The van der Waals surface area contributed by atoms with Gasteiger partial charge in [-0.1, -0.05) is 11.6 Å². The number of nitrogens with zero attached hydrogens (tertiary/aromatic N) is 2. The van der Waals surface area contributed by atoms with Gasteiger partial charge in [-0.25, -0.2) is 9.97 Å². The lowest BCUT2D eigenvalue weighted by Crippen LogP contribution is -2.14. The summed E-state index contributed by atoms with van der Waals surface area (Å²) in [7, 11) is 0. The van der Waals surface area contributed by atoms with Gasteiger partial charge in [0.25, 0.3) is 5.91 Å². The summed E-state index contributed by atoms with van der Waals surface area (Å²) in [6.45, 7) is 1.49. The van der Waals surface area contributed by atoms with Crippen molar-refractivity contribution in [3.8, 4) is 0 Å². The lowest BCUT2D eigenvalue weighted by molar-refractivity contribution is 0.101. The largest absolute Gasteiger partial charge is 0.324 e. The third-order valence-electron chi connectivity index (χ3n) is 3.54. The van der Waals surface area contributed by atoms with Crippen molar-refractivity contribution in [2.24, 2.45) is 0 Å². The van der Waals surface area contributed by atoms with E-state index in [0.717, 1.165) is 5.69 Å². The Bertz CT molecular complexity index is 941. The van der Waals surface area contributed by atoms with Crippen LogP contribution in [0.4, 0.5) is 17.3 Å². The topological polar surface area (TPSA) is 84.0 Å². The van der Waals surface area contributed by atoms with Gasteiger partial charge in [-0.2, -0.15) is 0 Å². The summed E-state index contributed by atoms with van der Waals surface area (Å²) in [5.41, 5.74) is 2.13. The van der Waals surface area contributed by atoms with Crippen LogP contribution in [0.2, 0.25) is 5.02 Å². The van der Waals surface area contributed by atoms with E-state index in [2.05, 4.69) is 20.6 Å². The second-order valence-electron chi connectivity index (χ2n) is 5.49. The number of rotatable bonds is 5. The maximum Gasteiger partial charge on any atom is 0.274 e. The summed E-state index contributed by atoms with van der Waals surface area (Å²) in [6.07, 6.45) is 1.50. The molecule has 0 unspecified atom stereocenters. The average Bonchev–Trinajstić information content (AvgIpc) is 2.64. The molecule has 0 aliphatic rings. The zero-order valence-corrected chi connectivity index (χ0v) is 14.6. The molecule has 7 heteroatoms. The Labute approximate surface area is 155 Å². The number of carbonyl (C=O) groups is 2. The highest BCUT2D eigenvalue weighted by molar-refractivity contribution is 6.30. The van der Waals surface area contributed by atoms with Crippen molar-refractivity contribution < 1.29 is 9.59 Å². The van der Waals surface area contributed by atoms with Crippen LogP contribution in [0.5, 0.6) is 0 Å². The zero-order valence-electron chi connectivity index (χ0n) is 13.9. The number of hydrogen-bond donors (Lipinski definition) is 2. The summed E-state index contributed by atoms with van der Waals surface area (Å²) in [4.78, 5) is 32.0. The average molecular weight is 367 g/mol. The van der Waals surface area contributed by atoms with Crippen LogP contribution in [-0.2, 0) is 0 Å². The standard InChI is InChI=1S/C19H15ClN4O2/c1-12(25)13-2-6-15(7-3-13)22-18(26)17-10-11-21-19(24-17)23-16-8-4-14(20)5-9-16/h2-11H,1H3,(H,22,26)(H,21,23,24). The Morgan fingerprint density at radius 2 is 1.58 bits per heavy atom. The molecule has 6 nitrogen and oxygen atoms in total. The summed E-state index contributed by atoms with van der Waals surface area (Å²) in [6, 6.07) is 15.2. The molecular formula is C19H15ClN4O2. The van der Waals surface area contributed by atoms with Crippen molar-refractivity contribution in [2.45, 2.75) is 6.92 Å². The molecule has 0 saturated carbocycles. The molecule has 1 amide bonds. The van der Waals surface area contributed by atoms with Gasteiger partial charge in [0, 0.05) is 28.2 Å². The maximum atomic E-state index is 12.4. The van der Waals surface area contributed by atoms with Crippen LogP contribution in [0, 0.1) is 0 Å². The third-order valence-corrected chi connectivity index (χ3v) is 3.79. The van der Waals surface area contributed by atoms with Crippen molar-refractivity contribution in [3.63, 3.8) is 0 Å². The van der Waals surface area contributed by atoms with E-state index in [4.69, 9.17) is 11.6 Å². The van der Waals surface area contributed by atoms with Gasteiger partial charge in [-0.05, 0) is 61.5 Å². The second kappa shape index (κ2) is 7.76. The van der Waals surface area contributed by atoms with E-state index in [1.165, 1.54) is 19.2 Å². The van der Waals surface area contributed by atoms with Gasteiger partial charge in [0.05, 0.1) is 0 Å². The molecule has 1 aromatic heterocycles. The number of carbonyl (C=O) groups excluding carboxylic acids is 2. The number of benzene rings is 2. The SMILES string of the molecule is CC(=O)c1ccc(NC(=O)c2ccnc(Nc3ccc(Cl)cc3)n2)cc1. The first-order valence-electron chi connectivity index (χ1n) is 7.79. The van der Waals surface area contributed by atoms with Crippen LogP contribution in [0.3, 0.4) is 0 Å². The van der Waals surface area contributed by atoms with Crippen molar-refractivity contribution >= 4 is 40.6 Å². The molecule has 2 aromatic carbocycles. The summed E-state index contributed by atoms with van der Waals surface area (Å²) in [5.74, 6) is -0.106. The van der Waals surface area contributed by atoms with E-state index in [-0.39, 0.29) is 17.4 Å². The molecule has 130 valence electrons. The minimum Gasteiger partial charge on any atom is -0.324 e. The highest BCUT2D eigenvalue weighted by atomic mass is 35.5. The summed E-state index contributed by atoms with van der Waals surface area (Å²) < 4.78 is 0. The number of halogens is 1. The molecule has 2 N–H and O–H groups in total. The number of Topliss-reactive ketones (excluding diaryl/α,β-unsaturated/α-hetero) is 1.